The number of aromatic nitrogens is 2. The number of carboxylic acid groups (broad SMARTS) is 1. The third-order valence-electron chi connectivity index (χ3n) is 3.67. The molecule has 22 heavy (non-hydrogen) atoms. The summed E-state index contributed by atoms with van der Waals surface area (Å²) in [6.07, 6.45) is 4.34. The molecule has 0 aromatic carbocycles. The Morgan fingerprint density at radius 1 is 1.41 bits per heavy atom. The van der Waals surface area contributed by atoms with E-state index in [1.54, 1.807) is 44.9 Å². The second-order valence-corrected chi connectivity index (χ2v) is 6.65. The number of aryl methyl sites for hydroxylation is 1. The molecule has 2 rings (SSSR count). The van der Waals surface area contributed by atoms with E-state index >= 15 is 0 Å². The Hall–Kier alpha value is -2.05. The van der Waals surface area contributed by atoms with Crippen LogP contribution in [0.2, 0.25) is 0 Å². The van der Waals surface area contributed by atoms with Crippen molar-refractivity contribution in [3.05, 3.63) is 18.0 Å². The predicted octanol–water partition coefficient (Wildman–Crippen LogP) is 1.99. The van der Waals surface area contributed by atoms with Crippen molar-refractivity contribution in [2.75, 3.05) is 6.54 Å². The molecule has 2 unspecified atom stereocenters. The number of hydrogen-bond donors (Lipinski definition) is 1. The average molecular weight is 309 g/mol. The monoisotopic (exact) mass is 309 g/mol. The fraction of sp³-hybridized carbons (Fsp3) is 0.667. The molecular formula is C15H23N3O4. The highest BCUT2D eigenvalue weighted by molar-refractivity contribution is 5.81. The molecule has 1 fully saturated rings. The molecule has 2 atom stereocenters. The van der Waals surface area contributed by atoms with Gasteiger partial charge in [-0.2, -0.15) is 5.10 Å². The van der Waals surface area contributed by atoms with E-state index in [-0.39, 0.29) is 5.92 Å². The zero-order valence-electron chi connectivity index (χ0n) is 13.4. The number of ether oxygens (including phenoxy) is 1. The Balaban J connectivity index is 2.26. The van der Waals surface area contributed by atoms with Crippen LogP contribution in [0.3, 0.4) is 0 Å². The Bertz CT molecular complexity index is 561. The smallest absolute Gasteiger partial charge is 0.411 e. The van der Waals surface area contributed by atoms with Gasteiger partial charge in [-0.15, -0.1) is 0 Å². The van der Waals surface area contributed by atoms with Crippen LogP contribution >= 0.6 is 0 Å². The minimum atomic E-state index is -1.01. The second kappa shape index (κ2) is 5.98. The van der Waals surface area contributed by atoms with E-state index < -0.39 is 23.7 Å². The lowest BCUT2D eigenvalue weighted by Crippen LogP contribution is -2.53. The summed E-state index contributed by atoms with van der Waals surface area (Å²) in [4.78, 5) is 25.4. The van der Waals surface area contributed by atoms with Gasteiger partial charge in [-0.25, -0.2) is 9.59 Å². The summed E-state index contributed by atoms with van der Waals surface area (Å²) in [5.41, 5.74) is 0.185. The fourth-order valence-corrected chi connectivity index (χ4v) is 2.81. The van der Waals surface area contributed by atoms with Crippen molar-refractivity contribution in [1.82, 2.24) is 14.7 Å². The first kappa shape index (κ1) is 16.3. The lowest BCUT2D eigenvalue weighted by atomic mass is 9.85. The minimum absolute atomic E-state index is 0.271. The zero-order valence-corrected chi connectivity index (χ0v) is 13.4. The first-order valence-corrected chi connectivity index (χ1v) is 7.40. The highest BCUT2D eigenvalue weighted by Crippen LogP contribution is 2.33. The van der Waals surface area contributed by atoms with Crippen molar-refractivity contribution in [3.63, 3.8) is 0 Å². The molecule has 1 N–H and O–H groups in total. The summed E-state index contributed by atoms with van der Waals surface area (Å²) in [6, 6.07) is -0.923. The Morgan fingerprint density at radius 2 is 2.09 bits per heavy atom. The molecule has 7 nitrogen and oxygen atoms in total. The summed E-state index contributed by atoms with van der Waals surface area (Å²) in [5.74, 6) is -1.29. The molecule has 122 valence electrons. The number of nitrogens with zero attached hydrogens (tertiary/aromatic N) is 3. The maximum atomic E-state index is 12.3. The molecule has 1 amide bonds. The van der Waals surface area contributed by atoms with Gasteiger partial charge in [0.15, 0.2) is 0 Å². The molecule has 0 bridgehead atoms. The summed E-state index contributed by atoms with van der Waals surface area (Å²) in [6.45, 7) is 5.69. The Morgan fingerprint density at radius 3 is 2.59 bits per heavy atom. The molecule has 0 saturated carbocycles. The van der Waals surface area contributed by atoms with E-state index in [0.717, 1.165) is 12.0 Å². The largest absolute Gasteiger partial charge is 0.480 e. The standard InChI is InChI=1S/C15H23N3O4/c1-15(2,3)22-14(21)18-7-5-6-11(12(18)13(19)20)10-8-16-17(4)9-10/h8-9,11-12H,5-7H2,1-4H3,(H,19,20). The first-order chi connectivity index (χ1) is 10.2. The van der Waals surface area contributed by atoms with Crippen molar-refractivity contribution >= 4 is 12.1 Å². The number of piperidine rings is 1. The van der Waals surface area contributed by atoms with Gasteiger partial charge in [0, 0.05) is 25.7 Å². The van der Waals surface area contributed by atoms with Crippen LogP contribution in [0, 0.1) is 0 Å². The third-order valence-corrected chi connectivity index (χ3v) is 3.67. The van der Waals surface area contributed by atoms with E-state index in [4.69, 9.17) is 4.74 Å². The quantitative estimate of drug-likeness (QED) is 0.903. The van der Waals surface area contributed by atoms with Crippen molar-refractivity contribution in [2.45, 2.75) is 51.2 Å². The topological polar surface area (TPSA) is 84.7 Å². The maximum absolute atomic E-state index is 12.3. The molecule has 0 spiro atoms. The van der Waals surface area contributed by atoms with Crippen LogP contribution in [0.15, 0.2) is 12.4 Å². The van der Waals surface area contributed by atoms with Crippen LogP contribution in [0.25, 0.3) is 0 Å². The van der Waals surface area contributed by atoms with Gasteiger partial charge in [0.1, 0.15) is 11.6 Å². The highest BCUT2D eigenvalue weighted by atomic mass is 16.6. The number of hydrogen-bond acceptors (Lipinski definition) is 4. The van der Waals surface area contributed by atoms with E-state index in [1.807, 2.05) is 0 Å². The summed E-state index contributed by atoms with van der Waals surface area (Å²) in [7, 11) is 1.79. The van der Waals surface area contributed by atoms with E-state index in [1.165, 1.54) is 4.90 Å². The van der Waals surface area contributed by atoms with Gasteiger partial charge in [-0.3, -0.25) is 9.58 Å². The van der Waals surface area contributed by atoms with Gasteiger partial charge in [0.05, 0.1) is 6.20 Å². The van der Waals surface area contributed by atoms with E-state index in [2.05, 4.69) is 5.10 Å². The lowest BCUT2D eigenvalue weighted by Gasteiger charge is -2.39. The number of aliphatic carboxylic acids is 1. The molecular weight excluding hydrogens is 286 g/mol. The number of carboxylic acids is 1. The van der Waals surface area contributed by atoms with Gasteiger partial charge in [0.2, 0.25) is 0 Å². The van der Waals surface area contributed by atoms with Crippen molar-refractivity contribution < 1.29 is 19.4 Å². The van der Waals surface area contributed by atoms with Gasteiger partial charge in [0.25, 0.3) is 0 Å². The SMILES string of the molecule is Cn1cc(C2CCCN(C(=O)OC(C)(C)C)C2C(=O)O)cn1. The Labute approximate surface area is 129 Å². The molecule has 1 aliphatic rings. The van der Waals surface area contributed by atoms with Crippen LogP contribution < -0.4 is 0 Å². The summed E-state index contributed by atoms with van der Waals surface area (Å²) >= 11 is 0. The Kier molecular flexibility index (Phi) is 4.44. The van der Waals surface area contributed by atoms with Gasteiger partial charge < -0.3 is 9.84 Å². The summed E-state index contributed by atoms with van der Waals surface area (Å²) < 4.78 is 6.99. The third kappa shape index (κ3) is 3.58. The minimum Gasteiger partial charge on any atom is -0.480 e. The van der Waals surface area contributed by atoms with Crippen molar-refractivity contribution in [3.8, 4) is 0 Å². The highest BCUT2D eigenvalue weighted by Gasteiger charge is 2.42. The fourth-order valence-electron chi connectivity index (χ4n) is 2.81. The number of carbonyl (C=O) groups excluding carboxylic acids is 1. The molecule has 7 heteroatoms. The van der Waals surface area contributed by atoms with Crippen LogP contribution in [0.4, 0.5) is 4.79 Å². The predicted molar refractivity (Wildman–Crippen MR) is 79.5 cm³/mol. The average Bonchev–Trinajstić information content (AvgIpc) is 2.82. The lowest BCUT2D eigenvalue weighted by molar-refractivity contribution is -0.145. The van der Waals surface area contributed by atoms with Crippen molar-refractivity contribution in [1.29, 1.82) is 0 Å². The molecule has 2 heterocycles. The van der Waals surface area contributed by atoms with Crippen molar-refractivity contribution in [2.24, 2.45) is 7.05 Å². The maximum Gasteiger partial charge on any atom is 0.411 e. The molecule has 1 saturated heterocycles. The number of rotatable bonds is 2. The first-order valence-electron chi connectivity index (χ1n) is 7.40. The van der Waals surface area contributed by atoms with Gasteiger partial charge in [-0.1, -0.05) is 0 Å². The molecule has 0 radical (unpaired) electrons. The number of carbonyl (C=O) groups is 2. The molecule has 1 aliphatic heterocycles. The summed E-state index contributed by atoms with van der Waals surface area (Å²) in [5, 5.41) is 13.7. The number of likely N-dealkylation sites (tertiary alicyclic amines) is 1. The van der Waals surface area contributed by atoms with Gasteiger partial charge >= 0.3 is 12.1 Å². The van der Waals surface area contributed by atoms with Crippen LogP contribution in [0.5, 0.6) is 0 Å². The normalized spacial score (nSPS) is 22.5. The second-order valence-electron chi connectivity index (χ2n) is 6.65. The van der Waals surface area contributed by atoms with Crippen LogP contribution in [-0.2, 0) is 16.6 Å². The van der Waals surface area contributed by atoms with Gasteiger partial charge in [-0.05, 0) is 39.2 Å². The molecule has 0 aliphatic carbocycles. The van der Waals surface area contributed by atoms with E-state index in [0.29, 0.717) is 13.0 Å². The van der Waals surface area contributed by atoms with Crippen LogP contribution in [-0.4, -0.2) is 50.0 Å². The molecule has 1 aromatic rings. The number of amides is 1. The molecule has 1 aromatic heterocycles. The van der Waals surface area contributed by atoms with Crippen LogP contribution in [0.1, 0.15) is 45.1 Å². The van der Waals surface area contributed by atoms with E-state index in [9.17, 15) is 14.7 Å². The zero-order chi connectivity index (χ0) is 16.5.